The number of hydrogen-bond donors (Lipinski definition) is 0. The number of hydrogen-bond acceptors (Lipinski definition) is 0. The SMILES string of the molecule is CCCCCCCCCCCCCCCC(F)C(F)F. The largest absolute Gasteiger partial charge is 0.269 e. The van der Waals surface area contributed by atoms with E-state index < -0.39 is 12.6 Å². The van der Waals surface area contributed by atoms with Gasteiger partial charge >= 0.3 is 0 Å². The maximum absolute atomic E-state index is 12.6. The molecular weight excluding hydrogens is 261 g/mol. The lowest BCUT2D eigenvalue weighted by atomic mass is 10.0. The molecule has 0 aliphatic rings. The molecular formula is C17H33F3. The molecule has 0 bridgehead atoms. The summed E-state index contributed by atoms with van der Waals surface area (Å²) in [5, 5.41) is 0. The number of unbranched alkanes of at least 4 members (excludes halogenated alkanes) is 12. The van der Waals surface area contributed by atoms with E-state index in [0.717, 1.165) is 12.8 Å². The molecule has 0 amide bonds. The first kappa shape index (κ1) is 19.8. The van der Waals surface area contributed by atoms with Crippen LogP contribution in [0.2, 0.25) is 0 Å². The fraction of sp³-hybridized carbons (Fsp3) is 1.00. The Labute approximate surface area is 123 Å². The maximum Gasteiger partial charge on any atom is 0.269 e. The molecule has 0 aliphatic heterocycles. The van der Waals surface area contributed by atoms with Gasteiger partial charge in [-0.15, -0.1) is 0 Å². The van der Waals surface area contributed by atoms with Crippen LogP contribution in [0, 0.1) is 0 Å². The fourth-order valence-corrected chi connectivity index (χ4v) is 2.48. The third-order valence-electron chi connectivity index (χ3n) is 3.86. The summed E-state index contributed by atoms with van der Waals surface area (Å²) >= 11 is 0. The standard InChI is InChI=1S/C17H33F3/c1-2-3-4-5-6-7-8-9-10-11-12-13-14-15-16(18)17(19)20/h16-17H,2-15H2,1H3. The predicted molar refractivity (Wildman–Crippen MR) is 81.2 cm³/mol. The Balaban J connectivity index is 3.03. The van der Waals surface area contributed by atoms with Crippen molar-refractivity contribution in [2.24, 2.45) is 0 Å². The van der Waals surface area contributed by atoms with E-state index in [4.69, 9.17) is 0 Å². The van der Waals surface area contributed by atoms with E-state index in [2.05, 4.69) is 6.92 Å². The first-order valence-corrected chi connectivity index (χ1v) is 8.60. The monoisotopic (exact) mass is 294 g/mol. The molecule has 0 heterocycles. The first-order chi connectivity index (χ1) is 9.68. The van der Waals surface area contributed by atoms with E-state index in [1.807, 2.05) is 0 Å². The van der Waals surface area contributed by atoms with Crippen molar-refractivity contribution in [2.75, 3.05) is 0 Å². The Kier molecular flexibility index (Phi) is 15.0. The van der Waals surface area contributed by atoms with Crippen molar-refractivity contribution < 1.29 is 13.2 Å². The van der Waals surface area contributed by atoms with Gasteiger partial charge in [0, 0.05) is 0 Å². The van der Waals surface area contributed by atoms with Crippen molar-refractivity contribution in [3.8, 4) is 0 Å². The Bertz CT molecular complexity index is 183. The van der Waals surface area contributed by atoms with Crippen LogP contribution in [-0.2, 0) is 0 Å². The molecule has 3 heteroatoms. The average molecular weight is 294 g/mol. The third kappa shape index (κ3) is 14.2. The molecule has 0 saturated heterocycles. The molecule has 0 fully saturated rings. The van der Waals surface area contributed by atoms with Crippen molar-refractivity contribution in [1.82, 2.24) is 0 Å². The molecule has 122 valence electrons. The van der Waals surface area contributed by atoms with E-state index in [9.17, 15) is 13.2 Å². The van der Waals surface area contributed by atoms with Crippen LogP contribution < -0.4 is 0 Å². The van der Waals surface area contributed by atoms with E-state index >= 15 is 0 Å². The molecule has 0 aromatic rings. The molecule has 0 aliphatic carbocycles. The van der Waals surface area contributed by atoms with Gasteiger partial charge in [-0.2, -0.15) is 0 Å². The molecule has 0 aromatic heterocycles. The Morgan fingerprint density at radius 3 is 1.25 bits per heavy atom. The molecule has 0 N–H and O–H groups in total. The normalized spacial score (nSPS) is 13.1. The zero-order chi connectivity index (χ0) is 15.1. The van der Waals surface area contributed by atoms with Crippen LogP contribution in [0.5, 0.6) is 0 Å². The molecule has 0 rings (SSSR count). The van der Waals surface area contributed by atoms with Crippen LogP contribution in [0.1, 0.15) is 96.8 Å². The van der Waals surface area contributed by atoms with Crippen molar-refractivity contribution in [3.05, 3.63) is 0 Å². The van der Waals surface area contributed by atoms with Gasteiger partial charge in [0.1, 0.15) is 0 Å². The van der Waals surface area contributed by atoms with Gasteiger partial charge in [0.2, 0.25) is 0 Å². The summed E-state index contributed by atoms with van der Waals surface area (Å²) < 4.78 is 36.4. The van der Waals surface area contributed by atoms with Gasteiger partial charge in [0.25, 0.3) is 6.43 Å². The van der Waals surface area contributed by atoms with E-state index in [0.29, 0.717) is 6.42 Å². The zero-order valence-electron chi connectivity index (χ0n) is 13.2. The number of halogens is 3. The second-order valence-corrected chi connectivity index (χ2v) is 5.88. The van der Waals surface area contributed by atoms with Crippen molar-refractivity contribution in [3.63, 3.8) is 0 Å². The minimum Gasteiger partial charge on any atom is -0.241 e. The van der Waals surface area contributed by atoms with Gasteiger partial charge in [-0.25, -0.2) is 13.2 Å². The van der Waals surface area contributed by atoms with Crippen molar-refractivity contribution >= 4 is 0 Å². The summed E-state index contributed by atoms with van der Waals surface area (Å²) in [6.45, 7) is 2.24. The van der Waals surface area contributed by atoms with Crippen LogP contribution in [0.25, 0.3) is 0 Å². The van der Waals surface area contributed by atoms with Crippen LogP contribution in [-0.4, -0.2) is 12.6 Å². The van der Waals surface area contributed by atoms with Gasteiger partial charge in [0.15, 0.2) is 6.17 Å². The summed E-state index contributed by atoms with van der Waals surface area (Å²) in [7, 11) is 0. The lowest BCUT2D eigenvalue weighted by molar-refractivity contribution is 0.0440. The second-order valence-electron chi connectivity index (χ2n) is 5.88. The molecule has 1 atom stereocenters. The van der Waals surface area contributed by atoms with E-state index in [1.165, 1.54) is 64.2 Å². The van der Waals surface area contributed by atoms with Crippen molar-refractivity contribution in [2.45, 2.75) is 109 Å². The van der Waals surface area contributed by atoms with Gasteiger partial charge < -0.3 is 0 Å². The van der Waals surface area contributed by atoms with E-state index in [-0.39, 0.29) is 6.42 Å². The second kappa shape index (κ2) is 15.2. The number of rotatable bonds is 15. The molecule has 1 unspecified atom stereocenters. The van der Waals surface area contributed by atoms with Gasteiger partial charge in [-0.1, -0.05) is 90.4 Å². The van der Waals surface area contributed by atoms with Crippen LogP contribution in [0.15, 0.2) is 0 Å². The minimum absolute atomic E-state index is 0.0232. The van der Waals surface area contributed by atoms with Gasteiger partial charge in [-0.3, -0.25) is 0 Å². The molecule has 0 spiro atoms. The Morgan fingerprint density at radius 1 is 0.550 bits per heavy atom. The lowest BCUT2D eigenvalue weighted by Crippen LogP contribution is -2.11. The fourth-order valence-electron chi connectivity index (χ4n) is 2.48. The van der Waals surface area contributed by atoms with E-state index in [1.54, 1.807) is 0 Å². The van der Waals surface area contributed by atoms with Gasteiger partial charge in [0.05, 0.1) is 0 Å². The maximum atomic E-state index is 12.6. The highest BCUT2D eigenvalue weighted by Crippen LogP contribution is 2.16. The Morgan fingerprint density at radius 2 is 0.900 bits per heavy atom. The molecule has 0 nitrogen and oxygen atoms in total. The molecule has 0 saturated carbocycles. The molecule has 0 aromatic carbocycles. The summed E-state index contributed by atoms with van der Waals surface area (Å²) in [5.41, 5.74) is 0. The molecule has 0 radical (unpaired) electrons. The summed E-state index contributed by atoms with van der Waals surface area (Å²) in [5.74, 6) is 0. The topological polar surface area (TPSA) is 0 Å². The van der Waals surface area contributed by atoms with Crippen LogP contribution >= 0.6 is 0 Å². The average Bonchev–Trinajstić information content (AvgIpc) is 2.43. The summed E-state index contributed by atoms with van der Waals surface area (Å²) in [6, 6.07) is 0. The van der Waals surface area contributed by atoms with Crippen LogP contribution in [0.4, 0.5) is 13.2 Å². The highest BCUT2D eigenvalue weighted by Gasteiger charge is 2.17. The zero-order valence-corrected chi connectivity index (χ0v) is 13.2. The molecule has 20 heavy (non-hydrogen) atoms. The lowest BCUT2D eigenvalue weighted by Gasteiger charge is -2.06. The van der Waals surface area contributed by atoms with Gasteiger partial charge in [-0.05, 0) is 6.42 Å². The highest BCUT2D eigenvalue weighted by molar-refractivity contribution is 4.58. The summed E-state index contributed by atoms with van der Waals surface area (Å²) in [4.78, 5) is 0. The minimum atomic E-state index is -2.80. The Hall–Kier alpha value is -0.210. The number of alkyl halides is 3. The smallest absolute Gasteiger partial charge is 0.241 e. The first-order valence-electron chi connectivity index (χ1n) is 8.60. The predicted octanol–water partition coefficient (Wildman–Crippen LogP) is 7.07. The summed E-state index contributed by atoms with van der Waals surface area (Å²) in [6.07, 6.45) is 11.0. The van der Waals surface area contributed by atoms with Crippen LogP contribution in [0.3, 0.4) is 0 Å². The highest BCUT2D eigenvalue weighted by atomic mass is 19.3. The third-order valence-corrected chi connectivity index (χ3v) is 3.86. The quantitative estimate of drug-likeness (QED) is 0.283. The van der Waals surface area contributed by atoms with Crippen molar-refractivity contribution in [1.29, 1.82) is 0 Å².